The van der Waals surface area contributed by atoms with Crippen LogP contribution in [-0.4, -0.2) is 30.4 Å². The minimum absolute atomic E-state index is 0.0906. The van der Waals surface area contributed by atoms with E-state index >= 15 is 0 Å². The smallest absolute Gasteiger partial charge is 0.251 e. The third-order valence-electron chi connectivity index (χ3n) is 4.48. The summed E-state index contributed by atoms with van der Waals surface area (Å²) in [5.74, 6) is -0.346. The monoisotopic (exact) mass is 397 g/mol. The van der Waals surface area contributed by atoms with Gasteiger partial charge in [-0.15, -0.1) is 0 Å². The number of para-hydroxylation sites is 1. The summed E-state index contributed by atoms with van der Waals surface area (Å²) in [6.45, 7) is 3.86. The van der Waals surface area contributed by atoms with Gasteiger partial charge in [-0.05, 0) is 43.7 Å². The second-order valence-corrected chi connectivity index (χ2v) is 9.04. The number of rotatable bonds is 6. The Morgan fingerprint density at radius 2 is 1.86 bits per heavy atom. The van der Waals surface area contributed by atoms with Crippen molar-refractivity contribution in [1.29, 1.82) is 0 Å². The zero-order valence-corrected chi connectivity index (χ0v) is 16.9. The normalized spacial score (nSPS) is 12.5. The van der Waals surface area contributed by atoms with Crippen LogP contribution in [0.25, 0.3) is 5.69 Å². The second-order valence-electron chi connectivity index (χ2n) is 6.90. The predicted molar refractivity (Wildman–Crippen MR) is 109 cm³/mol. The minimum Gasteiger partial charge on any atom is -0.345 e. The molecule has 3 aromatic rings. The van der Waals surface area contributed by atoms with Crippen LogP contribution < -0.4 is 5.32 Å². The van der Waals surface area contributed by atoms with Gasteiger partial charge in [-0.3, -0.25) is 4.79 Å². The molecule has 0 radical (unpaired) electrons. The number of sulfone groups is 1. The van der Waals surface area contributed by atoms with Gasteiger partial charge in [0, 0.05) is 23.1 Å². The van der Waals surface area contributed by atoms with E-state index in [1.165, 1.54) is 6.26 Å². The maximum Gasteiger partial charge on any atom is 0.251 e. The predicted octanol–water partition coefficient (Wildman–Crippen LogP) is 3.22. The maximum absolute atomic E-state index is 12.6. The van der Waals surface area contributed by atoms with Gasteiger partial charge in [0.2, 0.25) is 0 Å². The van der Waals surface area contributed by atoms with Crippen molar-refractivity contribution < 1.29 is 13.2 Å². The minimum atomic E-state index is -3.16. The highest BCUT2D eigenvalue weighted by atomic mass is 32.2. The van der Waals surface area contributed by atoms with Crippen LogP contribution in [0.1, 0.15) is 40.1 Å². The largest absolute Gasteiger partial charge is 0.345 e. The van der Waals surface area contributed by atoms with Crippen LogP contribution in [0.2, 0.25) is 0 Å². The first kappa shape index (κ1) is 19.8. The fourth-order valence-electron chi connectivity index (χ4n) is 3.14. The third kappa shape index (κ3) is 4.67. The number of nitrogens with zero attached hydrogens (tertiary/aromatic N) is 2. The van der Waals surface area contributed by atoms with E-state index in [2.05, 4.69) is 10.4 Å². The lowest BCUT2D eigenvalue weighted by Gasteiger charge is -2.15. The van der Waals surface area contributed by atoms with E-state index in [1.807, 2.05) is 48.9 Å². The number of nitrogens with one attached hydrogen (secondary N) is 1. The van der Waals surface area contributed by atoms with Gasteiger partial charge in [0.15, 0.2) is 9.84 Å². The van der Waals surface area contributed by atoms with Crippen LogP contribution in [0.15, 0.2) is 60.8 Å². The lowest BCUT2D eigenvalue weighted by atomic mass is 10.1. The Labute approximate surface area is 165 Å². The summed E-state index contributed by atoms with van der Waals surface area (Å²) in [6.07, 6.45) is 2.93. The van der Waals surface area contributed by atoms with Crippen LogP contribution >= 0.6 is 0 Å². The molecule has 146 valence electrons. The Kier molecular flexibility index (Phi) is 5.65. The van der Waals surface area contributed by atoms with Crippen LogP contribution in [0.4, 0.5) is 0 Å². The van der Waals surface area contributed by atoms with Gasteiger partial charge in [-0.1, -0.05) is 30.3 Å². The van der Waals surface area contributed by atoms with Crippen LogP contribution in [0.5, 0.6) is 0 Å². The molecule has 0 bridgehead atoms. The molecule has 0 saturated heterocycles. The fourth-order valence-corrected chi connectivity index (χ4v) is 3.92. The van der Waals surface area contributed by atoms with E-state index in [0.717, 1.165) is 16.9 Å². The number of aromatic nitrogens is 2. The summed E-state index contributed by atoms with van der Waals surface area (Å²) in [6, 6.07) is 16.2. The molecule has 1 aromatic heterocycles. The Morgan fingerprint density at radius 1 is 1.14 bits per heavy atom. The Bertz CT molecular complexity index is 1090. The van der Waals surface area contributed by atoms with Gasteiger partial charge in [0.1, 0.15) is 0 Å². The molecule has 0 aliphatic heterocycles. The molecule has 6 nitrogen and oxygen atoms in total. The van der Waals surface area contributed by atoms with Gasteiger partial charge in [0.25, 0.3) is 5.91 Å². The van der Waals surface area contributed by atoms with Gasteiger partial charge in [-0.25, -0.2) is 13.1 Å². The average Bonchev–Trinajstić information content (AvgIpc) is 3.03. The Hall–Kier alpha value is -2.93. The van der Waals surface area contributed by atoms with Crippen molar-refractivity contribution in [2.75, 3.05) is 6.26 Å². The zero-order chi connectivity index (χ0) is 20.3. The van der Waals surface area contributed by atoms with Crippen LogP contribution in [-0.2, 0) is 15.6 Å². The summed E-state index contributed by atoms with van der Waals surface area (Å²) in [5.41, 5.74) is 3.85. The maximum atomic E-state index is 12.6. The van der Waals surface area contributed by atoms with Crippen molar-refractivity contribution in [2.45, 2.75) is 25.6 Å². The molecule has 0 fully saturated rings. The Balaban J connectivity index is 1.77. The molecule has 1 N–H and O–H groups in total. The van der Waals surface area contributed by atoms with E-state index in [-0.39, 0.29) is 17.7 Å². The van der Waals surface area contributed by atoms with Gasteiger partial charge in [0.05, 0.1) is 23.7 Å². The lowest BCUT2D eigenvalue weighted by Crippen LogP contribution is -2.27. The molecule has 0 aliphatic carbocycles. The van der Waals surface area contributed by atoms with Crippen molar-refractivity contribution in [2.24, 2.45) is 0 Å². The quantitative estimate of drug-likeness (QED) is 0.692. The molecule has 3 rings (SSSR count). The number of carbonyl (C=O) groups is 1. The first-order chi connectivity index (χ1) is 13.2. The zero-order valence-electron chi connectivity index (χ0n) is 16.1. The van der Waals surface area contributed by atoms with E-state index in [0.29, 0.717) is 11.1 Å². The molecule has 0 saturated carbocycles. The van der Waals surface area contributed by atoms with Crippen molar-refractivity contribution in [1.82, 2.24) is 15.1 Å². The average molecular weight is 398 g/mol. The van der Waals surface area contributed by atoms with Crippen molar-refractivity contribution in [3.05, 3.63) is 83.2 Å². The summed E-state index contributed by atoms with van der Waals surface area (Å²) >= 11 is 0. The molecule has 7 heteroatoms. The van der Waals surface area contributed by atoms with Crippen molar-refractivity contribution in [3.63, 3.8) is 0 Å². The molecule has 0 aliphatic rings. The first-order valence-corrected chi connectivity index (χ1v) is 11.0. The molecule has 2 aromatic carbocycles. The standard InChI is InChI=1S/C21H23N3O3S/c1-15(20-13-22-24(16(20)2)19-10-5-4-6-11-19)23-21(25)18-9-7-8-17(12-18)14-28(3,26)27/h4-13,15H,14H2,1-3H3,(H,23,25). The highest BCUT2D eigenvalue weighted by Crippen LogP contribution is 2.20. The van der Waals surface area contributed by atoms with Gasteiger partial charge >= 0.3 is 0 Å². The number of carbonyl (C=O) groups excluding carboxylic acids is 1. The summed E-state index contributed by atoms with van der Waals surface area (Å²) < 4.78 is 24.8. The first-order valence-electron chi connectivity index (χ1n) is 8.92. The molecule has 28 heavy (non-hydrogen) atoms. The lowest BCUT2D eigenvalue weighted by molar-refractivity contribution is 0.0939. The van der Waals surface area contributed by atoms with E-state index in [9.17, 15) is 13.2 Å². The molecule has 0 spiro atoms. The molecular formula is C21H23N3O3S. The van der Waals surface area contributed by atoms with Crippen LogP contribution in [0, 0.1) is 6.92 Å². The molecular weight excluding hydrogens is 374 g/mol. The van der Waals surface area contributed by atoms with E-state index < -0.39 is 9.84 Å². The second kappa shape index (κ2) is 7.98. The van der Waals surface area contributed by atoms with Crippen molar-refractivity contribution in [3.8, 4) is 5.69 Å². The fraction of sp³-hybridized carbons (Fsp3) is 0.238. The summed E-state index contributed by atoms with van der Waals surface area (Å²) in [5, 5.41) is 7.41. The molecule has 1 unspecified atom stereocenters. The summed E-state index contributed by atoms with van der Waals surface area (Å²) in [7, 11) is -3.16. The topological polar surface area (TPSA) is 81.1 Å². The van der Waals surface area contributed by atoms with Gasteiger partial charge in [-0.2, -0.15) is 5.10 Å². The molecule has 1 heterocycles. The van der Waals surface area contributed by atoms with E-state index in [1.54, 1.807) is 30.5 Å². The molecule has 1 atom stereocenters. The van der Waals surface area contributed by atoms with Crippen LogP contribution in [0.3, 0.4) is 0 Å². The van der Waals surface area contributed by atoms with Crippen molar-refractivity contribution >= 4 is 15.7 Å². The number of amides is 1. The highest BCUT2D eigenvalue weighted by Gasteiger charge is 2.17. The third-order valence-corrected chi connectivity index (χ3v) is 5.34. The highest BCUT2D eigenvalue weighted by molar-refractivity contribution is 7.89. The van der Waals surface area contributed by atoms with E-state index in [4.69, 9.17) is 0 Å². The van der Waals surface area contributed by atoms with Gasteiger partial charge < -0.3 is 5.32 Å². The number of hydrogen-bond donors (Lipinski definition) is 1. The number of benzene rings is 2. The SMILES string of the molecule is Cc1c(C(C)NC(=O)c2cccc(CS(C)(=O)=O)c2)cnn1-c1ccccc1. The Morgan fingerprint density at radius 3 is 2.54 bits per heavy atom. The molecule has 1 amide bonds. The number of hydrogen-bond acceptors (Lipinski definition) is 4. The summed E-state index contributed by atoms with van der Waals surface area (Å²) in [4.78, 5) is 12.6.